The number of benzene rings is 3. The van der Waals surface area contributed by atoms with Crippen LogP contribution in [-0.2, 0) is 0 Å². The Hall–Kier alpha value is -3.11. The number of aryl methyl sites for hydroxylation is 1. The summed E-state index contributed by atoms with van der Waals surface area (Å²) in [6.45, 7) is 4.67. The average Bonchev–Trinajstić information content (AvgIpc) is 2.77. The molecule has 0 aromatic heterocycles. The first kappa shape index (κ1) is 19.2. The average molecular weight is 386 g/mol. The minimum absolute atomic E-state index is 0.0892. The molecule has 148 valence electrons. The van der Waals surface area contributed by atoms with E-state index in [9.17, 15) is 9.90 Å². The van der Waals surface area contributed by atoms with Crippen LogP contribution in [0.5, 0.6) is 5.75 Å². The van der Waals surface area contributed by atoms with Crippen molar-refractivity contribution < 1.29 is 9.90 Å². The molecule has 1 N–H and O–H groups in total. The molecule has 1 heterocycles. The number of phenolic OH excluding ortho intramolecular Hbond substituents is 1. The van der Waals surface area contributed by atoms with Crippen LogP contribution in [0.4, 0.5) is 0 Å². The van der Waals surface area contributed by atoms with Gasteiger partial charge in [0.25, 0.3) is 5.91 Å². The summed E-state index contributed by atoms with van der Waals surface area (Å²) in [7, 11) is 0. The van der Waals surface area contributed by atoms with Crippen LogP contribution in [-0.4, -0.2) is 47.0 Å². The zero-order valence-corrected chi connectivity index (χ0v) is 16.7. The van der Waals surface area contributed by atoms with Gasteiger partial charge in [-0.3, -0.25) is 9.69 Å². The Morgan fingerprint density at radius 3 is 1.90 bits per heavy atom. The fourth-order valence-corrected chi connectivity index (χ4v) is 4.07. The van der Waals surface area contributed by atoms with Crippen LogP contribution in [0.2, 0.25) is 0 Å². The molecule has 4 nitrogen and oxygen atoms in total. The van der Waals surface area contributed by atoms with Gasteiger partial charge in [0.05, 0.1) is 11.6 Å². The number of carbonyl (C=O) groups excluding carboxylic acids is 1. The van der Waals surface area contributed by atoms with E-state index in [-0.39, 0.29) is 17.7 Å². The number of aromatic hydroxyl groups is 1. The highest BCUT2D eigenvalue weighted by molar-refractivity contribution is 5.97. The van der Waals surface area contributed by atoms with E-state index in [0.29, 0.717) is 18.7 Å². The van der Waals surface area contributed by atoms with Gasteiger partial charge in [-0.2, -0.15) is 0 Å². The summed E-state index contributed by atoms with van der Waals surface area (Å²) < 4.78 is 0. The van der Waals surface area contributed by atoms with Crippen molar-refractivity contribution in [2.45, 2.75) is 13.0 Å². The molecule has 0 saturated carbocycles. The molecule has 0 spiro atoms. The minimum atomic E-state index is -0.0955. The molecule has 0 aliphatic carbocycles. The number of nitrogens with zero attached hydrogens (tertiary/aromatic N) is 2. The quantitative estimate of drug-likeness (QED) is 0.729. The molecule has 0 atom stereocenters. The van der Waals surface area contributed by atoms with Crippen molar-refractivity contribution in [3.8, 4) is 5.75 Å². The highest BCUT2D eigenvalue weighted by Gasteiger charge is 2.29. The molecule has 4 rings (SSSR count). The lowest BCUT2D eigenvalue weighted by molar-refractivity contribution is 0.0594. The highest BCUT2D eigenvalue weighted by atomic mass is 16.3. The standard InChI is InChI=1S/C25H26N2O2/c1-19-9-8-14-22(24(19)28)25(29)27-17-15-26(16-18-27)23(20-10-4-2-5-11-20)21-12-6-3-7-13-21/h2-14,23,28H,15-18H2,1H3. The van der Waals surface area contributed by atoms with E-state index in [2.05, 4.69) is 53.4 Å². The Balaban J connectivity index is 1.53. The SMILES string of the molecule is Cc1cccc(C(=O)N2CCN(C(c3ccccc3)c3ccccc3)CC2)c1O. The van der Waals surface area contributed by atoms with Crippen LogP contribution in [0.25, 0.3) is 0 Å². The zero-order valence-electron chi connectivity index (χ0n) is 16.7. The topological polar surface area (TPSA) is 43.8 Å². The van der Waals surface area contributed by atoms with E-state index >= 15 is 0 Å². The normalized spacial score (nSPS) is 14.9. The Bertz CT molecular complexity index is 925. The van der Waals surface area contributed by atoms with Gasteiger partial charge in [0.1, 0.15) is 5.75 Å². The zero-order chi connectivity index (χ0) is 20.2. The van der Waals surface area contributed by atoms with Crippen molar-refractivity contribution >= 4 is 5.91 Å². The van der Waals surface area contributed by atoms with Crippen molar-refractivity contribution in [3.63, 3.8) is 0 Å². The molecule has 1 amide bonds. The third kappa shape index (κ3) is 4.03. The number of phenols is 1. The summed E-state index contributed by atoms with van der Waals surface area (Å²) in [5, 5.41) is 10.3. The van der Waals surface area contributed by atoms with Crippen molar-refractivity contribution in [3.05, 3.63) is 101 Å². The second kappa shape index (κ2) is 8.50. The molecule has 3 aromatic carbocycles. The Kier molecular flexibility index (Phi) is 5.63. The van der Waals surface area contributed by atoms with Crippen LogP contribution < -0.4 is 0 Å². The van der Waals surface area contributed by atoms with E-state index in [0.717, 1.165) is 18.7 Å². The summed E-state index contributed by atoms with van der Waals surface area (Å²) in [5.41, 5.74) is 3.63. The van der Waals surface area contributed by atoms with E-state index < -0.39 is 0 Å². The summed E-state index contributed by atoms with van der Waals surface area (Å²) in [5.74, 6) is -0.00630. The largest absolute Gasteiger partial charge is 0.507 e. The second-order valence-corrected chi connectivity index (χ2v) is 7.52. The fraction of sp³-hybridized carbons (Fsp3) is 0.240. The predicted octanol–water partition coefficient (Wildman–Crippen LogP) is 4.25. The van der Waals surface area contributed by atoms with Crippen molar-refractivity contribution in [2.24, 2.45) is 0 Å². The molecule has 0 unspecified atom stereocenters. The molecule has 4 heteroatoms. The maximum absolute atomic E-state index is 12.9. The third-order valence-electron chi connectivity index (χ3n) is 5.67. The number of hydrogen-bond donors (Lipinski definition) is 1. The van der Waals surface area contributed by atoms with Crippen LogP contribution in [0.15, 0.2) is 78.9 Å². The Labute approximate surface area is 172 Å². The Morgan fingerprint density at radius 1 is 0.793 bits per heavy atom. The van der Waals surface area contributed by atoms with E-state index in [1.807, 2.05) is 36.1 Å². The minimum Gasteiger partial charge on any atom is -0.507 e. The molecule has 1 aliphatic heterocycles. The lowest BCUT2D eigenvalue weighted by Crippen LogP contribution is -2.49. The summed E-state index contributed by atoms with van der Waals surface area (Å²) >= 11 is 0. The fourth-order valence-electron chi connectivity index (χ4n) is 4.07. The highest BCUT2D eigenvalue weighted by Crippen LogP contribution is 2.30. The van der Waals surface area contributed by atoms with E-state index in [1.165, 1.54) is 11.1 Å². The number of piperazine rings is 1. The van der Waals surface area contributed by atoms with Gasteiger partial charge in [-0.15, -0.1) is 0 Å². The van der Waals surface area contributed by atoms with Crippen LogP contribution >= 0.6 is 0 Å². The lowest BCUT2D eigenvalue weighted by Gasteiger charge is -2.40. The van der Waals surface area contributed by atoms with Gasteiger partial charge >= 0.3 is 0 Å². The van der Waals surface area contributed by atoms with Crippen molar-refractivity contribution in [1.29, 1.82) is 0 Å². The predicted molar refractivity (Wildman–Crippen MR) is 115 cm³/mol. The third-order valence-corrected chi connectivity index (χ3v) is 5.67. The molecule has 3 aromatic rings. The molecule has 1 aliphatic rings. The number of para-hydroxylation sites is 1. The summed E-state index contributed by atoms with van der Waals surface area (Å²) in [6.07, 6.45) is 0. The molecular weight excluding hydrogens is 360 g/mol. The Morgan fingerprint density at radius 2 is 1.34 bits per heavy atom. The summed E-state index contributed by atoms with van der Waals surface area (Å²) in [4.78, 5) is 17.2. The van der Waals surface area contributed by atoms with Crippen molar-refractivity contribution in [1.82, 2.24) is 9.80 Å². The van der Waals surface area contributed by atoms with Crippen molar-refractivity contribution in [2.75, 3.05) is 26.2 Å². The maximum Gasteiger partial charge on any atom is 0.257 e. The van der Waals surface area contributed by atoms with Gasteiger partial charge in [-0.1, -0.05) is 72.8 Å². The van der Waals surface area contributed by atoms with Gasteiger partial charge < -0.3 is 10.0 Å². The number of rotatable bonds is 4. The second-order valence-electron chi connectivity index (χ2n) is 7.52. The maximum atomic E-state index is 12.9. The van der Waals surface area contributed by atoms with Crippen LogP contribution in [0.1, 0.15) is 33.1 Å². The van der Waals surface area contributed by atoms with Gasteiger partial charge in [-0.05, 0) is 29.7 Å². The lowest BCUT2D eigenvalue weighted by atomic mass is 9.96. The summed E-state index contributed by atoms with van der Waals surface area (Å²) in [6, 6.07) is 26.5. The molecular formula is C25H26N2O2. The smallest absolute Gasteiger partial charge is 0.257 e. The van der Waals surface area contributed by atoms with Gasteiger partial charge in [0, 0.05) is 26.2 Å². The molecule has 0 bridgehead atoms. The van der Waals surface area contributed by atoms with E-state index in [1.54, 1.807) is 6.07 Å². The first-order chi connectivity index (χ1) is 14.1. The van der Waals surface area contributed by atoms with E-state index in [4.69, 9.17) is 0 Å². The first-order valence-electron chi connectivity index (χ1n) is 10.1. The van der Waals surface area contributed by atoms with Gasteiger partial charge in [-0.25, -0.2) is 0 Å². The van der Waals surface area contributed by atoms with Crippen LogP contribution in [0.3, 0.4) is 0 Å². The first-order valence-corrected chi connectivity index (χ1v) is 10.1. The number of hydrogen-bond acceptors (Lipinski definition) is 3. The molecule has 1 fully saturated rings. The van der Waals surface area contributed by atoms with Gasteiger partial charge in [0.2, 0.25) is 0 Å². The molecule has 1 saturated heterocycles. The van der Waals surface area contributed by atoms with Gasteiger partial charge in [0.15, 0.2) is 0 Å². The molecule has 29 heavy (non-hydrogen) atoms. The van der Waals surface area contributed by atoms with Crippen LogP contribution in [0, 0.1) is 6.92 Å². The number of amides is 1. The monoisotopic (exact) mass is 386 g/mol. The molecule has 0 radical (unpaired) electrons. The number of carbonyl (C=O) groups is 1.